The minimum Gasteiger partial charge on any atom is -0.392 e. The Bertz CT molecular complexity index is 861. The van der Waals surface area contributed by atoms with Crippen molar-refractivity contribution in [3.63, 3.8) is 0 Å². The topological polar surface area (TPSA) is 97.4 Å². The first kappa shape index (κ1) is 55.8. The maximum atomic E-state index is 14.9. The second kappa shape index (κ2) is 26.9. The van der Waals surface area contributed by atoms with Crippen molar-refractivity contribution < 1.29 is 40.2 Å². The van der Waals surface area contributed by atoms with Gasteiger partial charge in [-0.3, -0.25) is 0 Å². The Labute approximate surface area is 350 Å². The third-order valence-electron chi connectivity index (χ3n) is 8.66. The summed E-state index contributed by atoms with van der Waals surface area (Å²) in [4.78, 5) is 19.1. The molecule has 0 aromatic rings. The van der Waals surface area contributed by atoms with Gasteiger partial charge in [0.05, 0.1) is 0 Å². The first-order valence-corrected chi connectivity index (χ1v) is 32.2. The van der Waals surface area contributed by atoms with Crippen molar-refractivity contribution in [3.8, 4) is 0 Å². The van der Waals surface area contributed by atoms with Crippen molar-refractivity contribution in [2.75, 3.05) is 26.2 Å². The standard InChI is InChI=1S/C41H92N2O9Si4/c1-33(2)45-53(17,46-34(3)4)29-21-25-42(26-22-30-54(18,47-35(5)6)48-36(7)8)41(44)43(27-23-31-55(19,49-37(9)10)50-38(11)12)28-24-32-56(20,51-39(13)14)52-40(15)16/h33-40H,21-32H2,1-20H3. The van der Waals surface area contributed by atoms with E-state index in [1.165, 1.54) is 0 Å². The van der Waals surface area contributed by atoms with Crippen LogP contribution in [0.15, 0.2) is 0 Å². The maximum Gasteiger partial charge on any atom is 0.335 e. The summed E-state index contributed by atoms with van der Waals surface area (Å²) >= 11 is 0. The molecule has 0 unspecified atom stereocenters. The summed E-state index contributed by atoms with van der Waals surface area (Å²) in [6, 6.07) is 3.28. The van der Waals surface area contributed by atoms with Crippen LogP contribution in [0.2, 0.25) is 50.4 Å². The fraction of sp³-hybridized carbons (Fsp3) is 0.976. The normalized spacial score (nSPS) is 13.6. The van der Waals surface area contributed by atoms with Gasteiger partial charge in [0.1, 0.15) is 0 Å². The molecule has 11 nitrogen and oxygen atoms in total. The minimum atomic E-state index is -2.47. The van der Waals surface area contributed by atoms with Crippen molar-refractivity contribution in [2.24, 2.45) is 0 Å². The molecule has 0 N–H and O–H groups in total. The van der Waals surface area contributed by atoms with Crippen LogP contribution in [0.4, 0.5) is 4.79 Å². The van der Waals surface area contributed by atoms with Gasteiger partial charge in [0, 0.05) is 75.0 Å². The molecule has 15 heteroatoms. The van der Waals surface area contributed by atoms with E-state index >= 15 is 0 Å². The molecule has 0 aromatic carbocycles. The van der Waals surface area contributed by atoms with Crippen LogP contribution in [0.1, 0.15) is 136 Å². The van der Waals surface area contributed by atoms with Crippen molar-refractivity contribution in [3.05, 3.63) is 0 Å². The molecule has 0 spiro atoms. The van der Waals surface area contributed by atoms with E-state index in [4.69, 9.17) is 35.4 Å². The average Bonchev–Trinajstić information content (AvgIpc) is 2.95. The zero-order chi connectivity index (χ0) is 43.5. The summed E-state index contributed by atoms with van der Waals surface area (Å²) in [5.74, 6) is 0. The van der Waals surface area contributed by atoms with Crippen LogP contribution in [-0.4, -0.2) is 125 Å². The molecule has 0 rings (SSSR count). The lowest BCUT2D eigenvalue weighted by Crippen LogP contribution is -2.49. The third kappa shape index (κ3) is 26.1. The first-order chi connectivity index (χ1) is 25.6. The Morgan fingerprint density at radius 2 is 0.482 bits per heavy atom. The lowest BCUT2D eigenvalue weighted by molar-refractivity contribution is 0.106. The van der Waals surface area contributed by atoms with Crippen LogP contribution >= 0.6 is 0 Å². The molecular weight excluding hydrogens is 777 g/mol. The summed E-state index contributed by atoms with van der Waals surface area (Å²) in [7, 11) is -9.89. The molecule has 0 radical (unpaired) electrons. The van der Waals surface area contributed by atoms with Crippen LogP contribution in [-0.2, 0) is 35.4 Å². The van der Waals surface area contributed by atoms with E-state index in [2.05, 4.69) is 147 Å². The van der Waals surface area contributed by atoms with Gasteiger partial charge in [-0.05, 0) is 187 Å². The molecule has 0 aromatic heterocycles. The minimum absolute atomic E-state index is 0.0664. The van der Waals surface area contributed by atoms with Crippen LogP contribution < -0.4 is 0 Å². The highest BCUT2D eigenvalue weighted by atomic mass is 28.4. The Kier molecular flexibility index (Phi) is 26.8. The number of urea groups is 1. The lowest BCUT2D eigenvalue weighted by atomic mass is 10.3. The van der Waals surface area contributed by atoms with Crippen molar-refractivity contribution in [1.82, 2.24) is 9.80 Å². The van der Waals surface area contributed by atoms with E-state index in [1.54, 1.807) is 0 Å². The van der Waals surface area contributed by atoms with Crippen molar-refractivity contribution in [1.29, 1.82) is 0 Å². The molecule has 0 atom stereocenters. The first-order valence-electron chi connectivity index (χ1n) is 22.1. The van der Waals surface area contributed by atoms with Gasteiger partial charge in [-0.15, -0.1) is 0 Å². The maximum absolute atomic E-state index is 14.9. The molecular formula is C41H92N2O9Si4. The summed E-state index contributed by atoms with van der Waals surface area (Å²) in [5.41, 5.74) is 0. The van der Waals surface area contributed by atoms with E-state index < -0.39 is 34.2 Å². The van der Waals surface area contributed by atoms with Crippen molar-refractivity contribution >= 4 is 40.3 Å². The van der Waals surface area contributed by atoms with Gasteiger partial charge in [-0.1, -0.05) is 0 Å². The Morgan fingerprint density at radius 3 is 0.607 bits per heavy atom. The smallest absolute Gasteiger partial charge is 0.335 e. The number of rotatable bonds is 32. The van der Waals surface area contributed by atoms with E-state index in [0.29, 0.717) is 26.2 Å². The second-order valence-corrected chi connectivity index (χ2v) is 31.5. The quantitative estimate of drug-likeness (QED) is 0.0612. The fourth-order valence-electron chi connectivity index (χ4n) is 7.74. The third-order valence-corrected chi connectivity index (χ3v) is 21.5. The SMILES string of the molecule is CC(C)O[Si](C)(CCCN(CCC[Si](C)(OC(C)C)OC(C)C)C(=O)N(CCC[Si](C)(OC(C)C)OC(C)C)CCC[Si](C)(OC(C)C)OC(C)C)OC(C)C. The summed E-state index contributed by atoms with van der Waals surface area (Å²) in [6.07, 6.45) is 3.79. The van der Waals surface area contributed by atoms with E-state index in [0.717, 1.165) is 49.9 Å². The van der Waals surface area contributed by atoms with Crippen LogP contribution in [0.25, 0.3) is 0 Å². The van der Waals surface area contributed by atoms with Crippen LogP contribution in [0, 0.1) is 0 Å². The van der Waals surface area contributed by atoms with Crippen molar-refractivity contribution in [2.45, 2.75) is 236 Å². The van der Waals surface area contributed by atoms with Gasteiger partial charge in [0.2, 0.25) is 0 Å². The van der Waals surface area contributed by atoms with Crippen LogP contribution in [0.5, 0.6) is 0 Å². The number of carbonyl (C=O) groups is 1. The number of amides is 2. The molecule has 0 heterocycles. The van der Waals surface area contributed by atoms with Gasteiger partial charge in [-0.25, -0.2) is 4.79 Å². The fourth-order valence-corrected chi connectivity index (χ4v) is 20.1. The Hall–Kier alpha value is -0.182. The molecule has 336 valence electrons. The predicted molar refractivity (Wildman–Crippen MR) is 242 cm³/mol. The van der Waals surface area contributed by atoms with Crippen LogP contribution in [0.3, 0.4) is 0 Å². The average molecular weight is 870 g/mol. The molecule has 0 saturated carbocycles. The number of hydrogen-bond acceptors (Lipinski definition) is 9. The van der Waals surface area contributed by atoms with E-state index in [9.17, 15) is 4.79 Å². The van der Waals surface area contributed by atoms with Gasteiger partial charge in [0.15, 0.2) is 0 Å². The second-order valence-electron chi connectivity index (χ2n) is 18.5. The highest BCUT2D eigenvalue weighted by Crippen LogP contribution is 2.26. The highest BCUT2D eigenvalue weighted by Gasteiger charge is 2.38. The number of carbonyl (C=O) groups excluding carboxylic acids is 1. The van der Waals surface area contributed by atoms with Gasteiger partial charge in [-0.2, -0.15) is 0 Å². The molecule has 0 aliphatic rings. The molecule has 0 fully saturated rings. The summed E-state index contributed by atoms with van der Waals surface area (Å²) in [5, 5.41) is 0. The zero-order valence-corrected chi connectivity index (χ0v) is 44.2. The predicted octanol–water partition coefficient (Wildman–Crippen LogP) is 11.0. The molecule has 0 saturated heterocycles. The van der Waals surface area contributed by atoms with Gasteiger partial charge < -0.3 is 45.2 Å². The highest BCUT2D eigenvalue weighted by molar-refractivity contribution is 6.67. The number of hydrogen-bond donors (Lipinski definition) is 0. The monoisotopic (exact) mass is 869 g/mol. The molecule has 0 aliphatic carbocycles. The molecule has 0 bridgehead atoms. The molecule has 2 amide bonds. The largest absolute Gasteiger partial charge is 0.392 e. The lowest BCUT2D eigenvalue weighted by Gasteiger charge is -2.36. The van der Waals surface area contributed by atoms with E-state index in [1.807, 2.05) is 0 Å². The zero-order valence-electron chi connectivity index (χ0n) is 40.2. The Balaban J connectivity index is 6.63. The Morgan fingerprint density at radius 1 is 0.339 bits per heavy atom. The molecule has 0 aliphatic heterocycles. The molecule has 56 heavy (non-hydrogen) atoms. The van der Waals surface area contributed by atoms with Gasteiger partial charge >= 0.3 is 40.3 Å². The summed E-state index contributed by atoms with van der Waals surface area (Å²) < 4.78 is 51.6. The van der Waals surface area contributed by atoms with E-state index in [-0.39, 0.29) is 54.9 Å². The van der Waals surface area contributed by atoms with Gasteiger partial charge in [0.25, 0.3) is 0 Å². The summed E-state index contributed by atoms with van der Waals surface area (Å²) in [6.45, 7) is 44.2. The number of nitrogens with zero attached hydrogens (tertiary/aromatic N) is 2.